The normalized spacial score (nSPS) is 11.5. The molecule has 1 N–H and O–H groups in total. The number of ether oxygens (including phenoxy) is 4. The van der Waals surface area contributed by atoms with Crippen molar-refractivity contribution in [1.29, 1.82) is 0 Å². The largest absolute Gasteiger partial charge is 0.493 e. The lowest BCUT2D eigenvalue weighted by Gasteiger charge is -2.14. The van der Waals surface area contributed by atoms with Gasteiger partial charge in [-0.25, -0.2) is 9.59 Å². The van der Waals surface area contributed by atoms with Gasteiger partial charge in [-0.15, -0.1) is 0 Å². The second-order valence-corrected chi connectivity index (χ2v) is 7.78. The number of benzene rings is 3. The predicted molar refractivity (Wildman–Crippen MR) is 132 cm³/mol. The summed E-state index contributed by atoms with van der Waals surface area (Å²) >= 11 is 0. The van der Waals surface area contributed by atoms with Crippen LogP contribution in [0.2, 0.25) is 0 Å². The molecule has 0 aliphatic carbocycles. The number of carboxylic acid groups (broad SMARTS) is 1. The summed E-state index contributed by atoms with van der Waals surface area (Å²) in [5, 5.41) is 9.00. The van der Waals surface area contributed by atoms with Crippen LogP contribution in [0.1, 0.15) is 29.3 Å². The Kier molecular flexibility index (Phi) is 9.69. The number of rotatable bonds is 13. The van der Waals surface area contributed by atoms with Gasteiger partial charge in [-0.2, -0.15) is 0 Å². The first-order valence-electron chi connectivity index (χ1n) is 11.5. The molecule has 1 atom stereocenters. The average Bonchev–Trinajstić information content (AvgIpc) is 2.88. The van der Waals surface area contributed by atoms with Gasteiger partial charge >= 0.3 is 11.9 Å². The van der Waals surface area contributed by atoms with Gasteiger partial charge in [-0.1, -0.05) is 36.4 Å². The molecule has 1 unspecified atom stereocenters. The standard InChI is InChI=1S/C28H30O7/c1-3-33-28(31)26(32-2)19-20-5-13-24(14-6-20)34-17-4-18-35-25-15-11-22(12-16-25)21-7-9-23(10-8-21)27(29)30/h5-16,26H,3-4,17-19H2,1-2H3,(H,29,30). The van der Waals surface area contributed by atoms with Crippen LogP contribution in [-0.4, -0.2) is 50.1 Å². The maximum Gasteiger partial charge on any atom is 0.335 e. The van der Waals surface area contributed by atoms with Gasteiger partial charge in [0.2, 0.25) is 0 Å². The van der Waals surface area contributed by atoms with Gasteiger partial charge in [0.25, 0.3) is 0 Å². The SMILES string of the molecule is CCOC(=O)C(Cc1ccc(OCCCOc2ccc(-c3ccc(C(=O)O)cc3)cc2)cc1)OC. The zero-order chi connectivity index (χ0) is 25.0. The van der Waals surface area contributed by atoms with Crippen molar-refractivity contribution < 1.29 is 33.6 Å². The summed E-state index contributed by atoms with van der Waals surface area (Å²) in [6, 6.07) is 22.0. The van der Waals surface area contributed by atoms with Crippen molar-refractivity contribution in [2.24, 2.45) is 0 Å². The minimum Gasteiger partial charge on any atom is -0.493 e. The third-order valence-electron chi connectivity index (χ3n) is 5.32. The number of esters is 1. The number of carbonyl (C=O) groups is 2. The van der Waals surface area contributed by atoms with Crippen LogP contribution in [0.4, 0.5) is 0 Å². The molecule has 3 aromatic rings. The zero-order valence-electron chi connectivity index (χ0n) is 19.9. The molecule has 0 spiro atoms. The lowest BCUT2D eigenvalue weighted by molar-refractivity contribution is -0.154. The number of carbonyl (C=O) groups excluding carboxylic acids is 1. The van der Waals surface area contributed by atoms with Gasteiger partial charge in [-0.3, -0.25) is 0 Å². The van der Waals surface area contributed by atoms with Crippen LogP contribution in [0.15, 0.2) is 72.8 Å². The molecule has 0 fully saturated rings. The quantitative estimate of drug-likeness (QED) is 0.272. The molecule has 35 heavy (non-hydrogen) atoms. The van der Waals surface area contributed by atoms with Gasteiger partial charge in [0.05, 0.1) is 25.4 Å². The summed E-state index contributed by atoms with van der Waals surface area (Å²) in [6.45, 7) is 3.12. The molecule has 0 aromatic heterocycles. The second-order valence-electron chi connectivity index (χ2n) is 7.78. The minimum atomic E-state index is -0.937. The van der Waals surface area contributed by atoms with E-state index in [0.717, 1.165) is 34.6 Å². The van der Waals surface area contributed by atoms with E-state index in [1.54, 1.807) is 31.2 Å². The maximum atomic E-state index is 11.9. The van der Waals surface area contributed by atoms with Crippen LogP contribution in [0, 0.1) is 0 Å². The molecule has 0 heterocycles. The van der Waals surface area contributed by atoms with Gasteiger partial charge in [0.1, 0.15) is 11.5 Å². The van der Waals surface area contributed by atoms with E-state index in [-0.39, 0.29) is 11.5 Å². The molecule has 0 aliphatic heterocycles. The molecule has 0 saturated heterocycles. The molecule has 0 amide bonds. The molecule has 0 saturated carbocycles. The summed E-state index contributed by atoms with van der Waals surface area (Å²) in [6.07, 6.45) is 0.537. The third kappa shape index (κ3) is 7.86. The molecule has 3 rings (SSSR count). The first kappa shape index (κ1) is 25.8. The van der Waals surface area contributed by atoms with Crippen LogP contribution in [0.25, 0.3) is 11.1 Å². The Morgan fingerprint density at radius 2 is 1.31 bits per heavy atom. The van der Waals surface area contributed by atoms with Crippen molar-refractivity contribution in [2.45, 2.75) is 25.9 Å². The summed E-state index contributed by atoms with van der Waals surface area (Å²) in [4.78, 5) is 22.8. The Morgan fingerprint density at radius 3 is 1.80 bits per heavy atom. The third-order valence-corrected chi connectivity index (χ3v) is 5.32. The van der Waals surface area contributed by atoms with Crippen molar-refractivity contribution in [2.75, 3.05) is 26.9 Å². The molecule has 7 heteroatoms. The lowest BCUT2D eigenvalue weighted by Crippen LogP contribution is -2.27. The highest BCUT2D eigenvalue weighted by Gasteiger charge is 2.19. The summed E-state index contributed by atoms with van der Waals surface area (Å²) < 4.78 is 21.8. The van der Waals surface area contributed by atoms with Gasteiger partial charge in [0, 0.05) is 20.0 Å². The van der Waals surface area contributed by atoms with Crippen LogP contribution < -0.4 is 9.47 Å². The van der Waals surface area contributed by atoms with Crippen molar-refractivity contribution in [3.8, 4) is 22.6 Å². The molecule has 0 radical (unpaired) electrons. The topological polar surface area (TPSA) is 91.3 Å². The number of methoxy groups -OCH3 is 1. The van der Waals surface area contributed by atoms with E-state index in [1.165, 1.54) is 7.11 Å². The maximum absolute atomic E-state index is 11.9. The van der Waals surface area contributed by atoms with E-state index in [9.17, 15) is 9.59 Å². The molecule has 0 bridgehead atoms. The molecular formula is C28H30O7. The van der Waals surface area contributed by atoms with E-state index in [4.69, 9.17) is 24.1 Å². The molecule has 184 valence electrons. The molecule has 0 aliphatic rings. The van der Waals surface area contributed by atoms with E-state index < -0.39 is 12.1 Å². The van der Waals surface area contributed by atoms with Crippen LogP contribution in [0.3, 0.4) is 0 Å². The van der Waals surface area contributed by atoms with Gasteiger partial charge in [0.15, 0.2) is 6.10 Å². The van der Waals surface area contributed by atoms with Crippen molar-refractivity contribution in [3.63, 3.8) is 0 Å². The Bertz CT molecular complexity index is 1070. The fraction of sp³-hybridized carbons (Fsp3) is 0.286. The Morgan fingerprint density at radius 1 is 0.800 bits per heavy atom. The first-order valence-corrected chi connectivity index (χ1v) is 11.5. The summed E-state index contributed by atoms with van der Waals surface area (Å²) in [5.41, 5.74) is 3.15. The highest BCUT2D eigenvalue weighted by atomic mass is 16.6. The van der Waals surface area contributed by atoms with E-state index in [1.807, 2.05) is 48.5 Å². The Balaban J connectivity index is 1.39. The fourth-order valence-electron chi connectivity index (χ4n) is 3.42. The molecular weight excluding hydrogens is 448 g/mol. The monoisotopic (exact) mass is 478 g/mol. The van der Waals surface area contributed by atoms with E-state index >= 15 is 0 Å². The highest BCUT2D eigenvalue weighted by molar-refractivity contribution is 5.88. The van der Waals surface area contributed by atoms with Crippen molar-refractivity contribution >= 4 is 11.9 Å². The Labute approximate surface area is 205 Å². The highest BCUT2D eigenvalue weighted by Crippen LogP contribution is 2.23. The molecule has 3 aromatic carbocycles. The van der Waals surface area contributed by atoms with Crippen LogP contribution in [0.5, 0.6) is 11.5 Å². The molecule has 7 nitrogen and oxygen atoms in total. The van der Waals surface area contributed by atoms with Crippen LogP contribution in [-0.2, 0) is 20.7 Å². The lowest BCUT2D eigenvalue weighted by atomic mass is 10.0. The van der Waals surface area contributed by atoms with Crippen LogP contribution >= 0.6 is 0 Å². The summed E-state index contributed by atoms with van der Waals surface area (Å²) in [5.74, 6) is 0.207. The zero-order valence-corrected chi connectivity index (χ0v) is 19.9. The first-order chi connectivity index (χ1) is 17.0. The second kappa shape index (κ2) is 13.2. The smallest absolute Gasteiger partial charge is 0.335 e. The average molecular weight is 479 g/mol. The Hall–Kier alpha value is -3.84. The number of hydrogen-bond acceptors (Lipinski definition) is 6. The van der Waals surface area contributed by atoms with Crippen molar-refractivity contribution in [1.82, 2.24) is 0 Å². The predicted octanol–water partition coefficient (Wildman–Crippen LogP) is 5.02. The van der Waals surface area contributed by atoms with Gasteiger partial charge < -0.3 is 24.1 Å². The number of hydrogen-bond donors (Lipinski definition) is 1. The minimum absolute atomic E-state index is 0.264. The summed E-state index contributed by atoms with van der Waals surface area (Å²) in [7, 11) is 1.50. The van der Waals surface area contributed by atoms with Gasteiger partial charge in [-0.05, 0) is 60.0 Å². The number of carboxylic acids is 1. The van der Waals surface area contributed by atoms with Crippen molar-refractivity contribution in [3.05, 3.63) is 83.9 Å². The fourth-order valence-corrected chi connectivity index (χ4v) is 3.42. The number of aromatic carboxylic acids is 1. The van der Waals surface area contributed by atoms with E-state index in [0.29, 0.717) is 26.2 Å². The van der Waals surface area contributed by atoms with E-state index in [2.05, 4.69) is 0 Å².